The van der Waals surface area contributed by atoms with E-state index in [1.54, 1.807) is 0 Å². The van der Waals surface area contributed by atoms with Crippen LogP contribution in [0, 0.1) is 0 Å². The first-order chi connectivity index (χ1) is 10.4. The van der Waals surface area contributed by atoms with Crippen LogP contribution in [0.5, 0.6) is 5.75 Å². The molecule has 1 rings (SSSR count). The molecular weight excluding hydrogens is 276 g/mol. The lowest BCUT2D eigenvalue weighted by Crippen LogP contribution is -2.26. The maximum Gasteiger partial charge on any atom is 0.220 e. The Bertz CT molecular complexity index is 435. The van der Waals surface area contributed by atoms with E-state index in [2.05, 4.69) is 43.5 Å². The number of rotatable bonds is 9. The monoisotopic (exact) mass is 306 g/mol. The molecule has 0 fully saturated rings. The zero-order valence-electron chi connectivity index (χ0n) is 14.4. The molecule has 0 atom stereocenters. The van der Waals surface area contributed by atoms with Gasteiger partial charge in [-0.2, -0.15) is 0 Å². The minimum absolute atomic E-state index is 0.0998. The summed E-state index contributed by atoms with van der Waals surface area (Å²) in [5.74, 6) is 0.963. The van der Waals surface area contributed by atoms with Gasteiger partial charge in [0.2, 0.25) is 5.91 Å². The topological polar surface area (TPSA) is 50.4 Å². The number of amides is 1. The predicted molar refractivity (Wildman–Crippen MR) is 91.4 cm³/mol. The van der Waals surface area contributed by atoms with Gasteiger partial charge in [0.15, 0.2) is 0 Å². The van der Waals surface area contributed by atoms with Crippen molar-refractivity contribution in [2.24, 2.45) is 0 Å². The molecule has 0 aliphatic carbocycles. The van der Waals surface area contributed by atoms with Crippen LogP contribution in [0.3, 0.4) is 0 Å². The molecule has 2 N–H and O–H groups in total. The fraction of sp³-hybridized carbons (Fsp3) is 0.611. The van der Waals surface area contributed by atoms with Gasteiger partial charge in [0.25, 0.3) is 0 Å². The normalized spacial score (nSPS) is 11.3. The molecule has 124 valence electrons. The molecule has 0 saturated carbocycles. The Morgan fingerprint density at radius 3 is 2.36 bits per heavy atom. The first kappa shape index (κ1) is 18.5. The van der Waals surface area contributed by atoms with Crippen molar-refractivity contribution in [2.75, 3.05) is 26.7 Å². The smallest absolute Gasteiger partial charge is 0.220 e. The average Bonchev–Trinajstić information content (AvgIpc) is 2.48. The average molecular weight is 306 g/mol. The van der Waals surface area contributed by atoms with E-state index in [1.807, 2.05) is 19.2 Å². The number of carbonyl (C=O) groups excluding carboxylic acids is 1. The van der Waals surface area contributed by atoms with Crippen LogP contribution in [0.2, 0.25) is 0 Å². The van der Waals surface area contributed by atoms with Crippen LogP contribution >= 0.6 is 0 Å². The molecule has 4 heteroatoms. The predicted octanol–water partition coefficient (Wildman–Crippen LogP) is 2.87. The largest absolute Gasteiger partial charge is 0.494 e. The lowest BCUT2D eigenvalue weighted by Gasteiger charge is -2.19. The van der Waals surface area contributed by atoms with Crippen molar-refractivity contribution in [2.45, 2.75) is 45.4 Å². The summed E-state index contributed by atoms with van der Waals surface area (Å²) in [6.45, 7) is 8.80. The second-order valence-corrected chi connectivity index (χ2v) is 6.53. The van der Waals surface area contributed by atoms with Gasteiger partial charge in [0.05, 0.1) is 6.61 Å². The van der Waals surface area contributed by atoms with E-state index in [0.29, 0.717) is 13.0 Å². The highest BCUT2D eigenvalue weighted by Gasteiger charge is 2.12. The molecule has 0 radical (unpaired) electrons. The molecule has 0 saturated heterocycles. The lowest BCUT2D eigenvalue weighted by molar-refractivity contribution is -0.121. The van der Waals surface area contributed by atoms with Crippen molar-refractivity contribution in [3.05, 3.63) is 29.8 Å². The summed E-state index contributed by atoms with van der Waals surface area (Å²) in [5, 5.41) is 5.96. The van der Waals surface area contributed by atoms with Crippen LogP contribution in [0.4, 0.5) is 0 Å². The Balaban J connectivity index is 2.18. The number of ether oxygens (including phenoxy) is 1. The molecule has 0 aliphatic heterocycles. The summed E-state index contributed by atoms with van der Waals surface area (Å²) >= 11 is 0. The molecule has 22 heavy (non-hydrogen) atoms. The molecule has 0 aliphatic rings. The van der Waals surface area contributed by atoms with Gasteiger partial charge < -0.3 is 15.4 Å². The zero-order chi connectivity index (χ0) is 16.4. The van der Waals surface area contributed by atoms with Gasteiger partial charge in [-0.1, -0.05) is 32.9 Å². The SMILES string of the molecule is CNCCCNC(=O)CCCOc1ccc(C(C)(C)C)cc1. The van der Waals surface area contributed by atoms with E-state index in [4.69, 9.17) is 4.74 Å². The van der Waals surface area contributed by atoms with E-state index in [-0.39, 0.29) is 11.3 Å². The number of hydrogen-bond acceptors (Lipinski definition) is 3. The van der Waals surface area contributed by atoms with Crippen molar-refractivity contribution in [1.82, 2.24) is 10.6 Å². The molecule has 1 amide bonds. The minimum Gasteiger partial charge on any atom is -0.494 e. The summed E-state index contributed by atoms with van der Waals surface area (Å²) in [7, 11) is 1.91. The first-order valence-electron chi connectivity index (χ1n) is 8.08. The molecule has 0 heterocycles. The fourth-order valence-corrected chi connectivity index (χ4v) is 2.06. The van der Waals surface area contributed by atoms with Gasteiger partial charge in [-0.15, -0.1) is 0 Å². The van der Waals surface area contributed by atoms with Gasteiger partial charge in [-0.05, 0) is 49.5 Å². The van der Waals surface area contributed by atoms with Crippen molar-refractivity contribution >= 4 is 5.91 Å². The molecular formula is C18H30N2O2. The highest BCUT2D eigenvalue weighted by atomic mass is 16.5. The zero-order valence-corrected chi connectivity index (χ0v) is 14.4. The van der Waals surface area contributed by atoms with Crippen LogP contribution < -0.4 is 15.4 Å². The Morgan fingerprint density at radius 2 is 1.77 bits per heavy atom. The number of carbonyl (C=O) groups is 1. The van der Waals surface area contributed by atoms with Crippen LogP contribution in [0.1, 0.15) is 45.6 Å². The lowest BCUT2D eigenvalue weighted by atomic mass is 9.87. The molecule has 0 bridgehead atoms. The summed E-state index contributed by atoms with van der Waals surface area (Å²) < 4.78 is 5.68. The molecule has 0 spiro atoms. The van der Waals surface area contributed by atoms with Crippen molar-refractivity contribution in [1.29, 1.82) is 0 Å². The van der Waals surface area contributed by atoms with E-state index in [0.717, 1.165) is 31.7 Å². The van der Waals surface area contributed by atoms with Crippen molar-refractivity contribution < 1.29 is 9.53 Å². The van der Waals surface area contributed by atoms with Crippen LogP contribution in [0.15, 0.2) is 24.3 Å². The standard InChI is InChI=1S/C18H30N2O2/c1-18(2,3)15-8-10-16(11-9-15)22-14-5-7-17(21)20-13-6-12-19-4/h8-11,19H,5-7,12-14H2,1-4H3,(H,20,21). The number of nitrogens with one attached hydrogen (secondary N) is 2. The third-order valence-corrected chi connectivity index (χ3v) is 3.46. The van der Waals surface area contributed by atoms with E-state index < -0.39 is 0 Å². The Morgan fingerprint density at radius 1 is 1.09 bits per heavy atom. The molecule has 4 nitrogen and oxygen atoms in total. The highest BCUT2D eigenvalue weighted by Crippen LogP contribution is 2.24. The van der Waals surface area contributed by atoms with Gasteiger partial charge in [-0.25, -0.2) is 0 Å². The van der Waals surface area contributed by atoms with Gasteiger partial charge >= 0.3 is 0 Å². The summed E-state index contributed by atoms with van der Waals surface area (Å²) in [6, 6.07) is 8.20. The Kier molecular flexibility index (Phi) is 7.96. The van der Waals surface area contributed by atoms with E-state index in [1.165, 1.54) is 5.56 Å². The quantitative estimate of drug-likeness (QED) is 0.690. The second kappa shape index (κ2) is 9.46. The van der Waals surface area contributed by atoms with Crippen molar-refractivity contribution in [3.63, 3.8) is 0 Å². The number of hydrogen-bond donors (Lipinski definition) is 2. The summed E-state index contributed by atoms with van der Waals surface area (Å²) in [6.07, 6.45) is 2.21. The first-order valence-corrected chi connectivity index (χ1v) is 8.08. The van der Waals surface area contributed by atoms with Gasteiger partial charge in [0.1, 0.15) is 5.75 Å². The molecule has 0 aromatic heterocycles. The van der Waals surface area contributed by atoms with E-state index >= 15 is 0 Å². The number of benzene rings is 1. The maximum atomic E-state index is 11.6. The maximum absolute atomic E-state index is 11.6. The van der Waals surface area contributed by atoms with Gasteiger partial charge in [0, 0.05) is 13.0 Å². The summed E-state index contributed by atoms with van der Waals surface area (Å²) in [5.41, 5.74) is 1.45. The molecule has 1 aromatic carbocycles. The third-order valence-electron chi connectivity index (χ3n) is 3.46. The van der Waals surface area contributed by atoms with Crippen molar-refractivity contribution in [3.8, 4) is 5.75 Å². The fourth-order valence-electron chi connectivity index (χ4n) is 2.06. The van der Waals surface area contributed by atoms with E-state index in [9.17, 15) is 4.79 Å². The van der Waals surface area contributed by atoms with Crippen LogP contribution in [-0.2, 0) is 10.2 Å². The third kappa shape index (κ3) is 7.46. The van der Waals surface area contributed by atoms with Gasteiger partial charge in [-0.3, -0.25) is 4.79 Å². The second-order valence-electron chi connectivity index (χ2n) is 6.53. The minimum atomic E-state index is 0.0998. The molecule has 0 unspecified atom stereocenters. The van der Waals surface area contributed by atoms with Crippen LogP contribution in [-0.4, -0.2) is 32.7 Å². The molecule has 1 aromatic rings. The Labute approximate surface area is 134 Å². The highest BCUT2D eigenvalue weighted by molar-refractivity contribution is 5.75. The van der Waals surface area contributed by atoms with Crippen LogP contribution in [0.25, 0.3) is 0 Å². The Hall–Kier alpha value is -1.55. The summed E-state index contributed by atoms with van der Waals surface area (Å²) in [4.78, 5) is 11.6.